The zero-order valence-electron chi connectivity index (χ0n) is 9.87. The van der Waals surface area contributed by atoms with Gasteiger partial charge < -0.3 is 10.2 Å². The highest BCUT2D eigenvalue weighted by Gasteiger charge is 2.33. The molecule has 2 aliphatic heterocycles. The minimum Gasteiger partial charge on any atom is -0.309 e. The van der Waals surface area contributed by atoms with Gasteiger partial charge in [0.25, 0.3) is 0 Å². The Morgan fingerprint density at radius 1 is 1.50 bits per heavy atom. The molecular formula is C12H20N4. The summed E-state index contributed by atoms with van der Waals surface area (Å²) in [6.45, 7) is 6.94. The predicted octanol–water partition coefficient (Wildman–Crippen LogP) is 0.902. The first-order valence-corrected chi connectivity index (χ1v) is 6.27. The van der Waals surface area contributed by atoms with Gasteiger partial charge in [0.15, 0.2) is 0 Å². The fourth-order valence-corrected chi connectivity index (χ4v) is 3.02. The molecule has 2 bridgehead atoms. The van der Waals surface area contributed by atoms with Gasteiger partial charge in [0.05, 0.1) is 6.20 Å². The first-order chi connectivity index (χ1) is 7.83. The van der Waals surface area contributed by atoms with Crippen LogP contribution in [0.2, 0.25) is 0 Å². The van der Waals surface area contributed by atoms with Crippen molar-refractivity contribution in [3.8, 4) is 0 Å². The van der Waals surface area contributed by atoms with Gasteiger partial charge in [-0.1, -0.05) is 0 Å². The van der Waals surface area contributed by atoms with Gasteiger partial charge in [-0.2, -0.15) is 5.10 Å². The highest BCUT2D eigenvalue weighted by atomic mass is 15.2. The van der Waals surface area contributed by atoms with Crippen LogP contribution in [0.4, 0.5) is 0 Å². The zero-order chi connectivity index (χ0) is 11.0. The van der Waals surface area contributed by atoms with E-state index in [2.05, 4.69) is 27.3 Å². The van der Waals surface area contributed by atoms with Crippen molar-refractivity contribution in [3.63, 3.8) is 0 Å². The maximum absolute atomic E-state index is 4.06. The Morgan fingerprint density at radius 3 is 3.19 bits per heavy atom. The van der Waals surface area contributed by atoms with Gasteiger partial charge in [-0.25, -0.2) is 0 Å². The predicted molar refractivity (Wildman–Crippen MR) is 63.1 cm³/mol. The molecule has 0 aromatic carbocycles. The summed E-state index contributed by atoms with van der Waals surface area (Å²) >= 11 is 0. The molecule has 3 atom stereocenters. The number of hydrogen-bond acceptors (Lipinski definition) is 3. The van der Waals surface area contributed by atoms with Crippen molar-refractivity contribution in [1.29, 1.82) is 0 Å². The fourth-order valence-electron chi connectivity index (χ4n) is 3.02. The topological polar surface area (TPSA) is 44.0 Å². The van der Waals surface area contributed by atoms with Gasteiger partial charge >= 0.3 is 0 Å². The standard InChI is InChI=1S/C12H20N4/c1-9-11(7-14-15-9)6-13-12-3-5-16-4-2-10(12)8-16/h7,10,12-13H,2-6,8H2,1H3,(H,14,15). The second-order valence-electron chi connectivity index (χ2n) is 5.15. The average molecular weight is 220 g/mol. The summed E-state index contributed by atoms with van der Waals surface area (Å²) in [6.07, 6.45) is 4.62. The van der Waals surface area contributed by atoms with Crippen molar-refractivity contribution in [3.05, 3.63) is 17.5 Å². The van der Waals surface area contributed by atoms with Crippen LogP contribution < -0.4 is 5.32 Å². The van der Waals surface area contributed by atoms with E-state index in [1.165, 1.54) is 43.7 Å². The molecule has 0 saturated carbocycles. The lowest BCUT2D eigenvalue weighted by atomic mass is 9.94. The van der Waals surface area contributed by atoms with Gasteiger partial charge in [0.2, 0.25) is 0 Å². The number of hydrogen-bond donors (Lipinski definition) is 2. The number of nitrogens with zero attached hydrogens (tertiary/aromatic N) is 2. The molecule has 4 nitrogen and oxygen atoms in total. The third kappa shape index (κ3) is 1.87. The molecule has 0 amide bonds. The molecule has 1 aromatic rings. The highest BCUT2D eigenvalue weighted by Crippen LogP contribution is 2.27. The molecule has 0 spiro atoms. The molecule has 0 radical (unpaired) electrons. The zero-order valence-corrected chi connectivity index (χ0v) is 9.87. The third-order valence-corrected chi connectivity index (χ3v) is 4.12. The van der Waals surface area contributed by atoms with Gasteiger partial charge in [-0.05, 0) is 38.8 Å². The van der Waals surface area contributed by atoms with E-state index in [1.807, 2.05) is 6.20 Å². The molecule has 3 heterocycles. The largest absolute Gasteiger partial charge is 0.309 e. The van der Waals surface area contributed by atoms with E-state index in [4.69, 9.17) is 0 Å². The Morgan fingerprint density at radius 2 is 2.38 bits per heavy atom. The lowest BCUT2D eigenvalue weighted by molar-refractivity contribution is 0.220. The second-order valence-corrected chi connectivity index (χ2v) is 5.15. The number of nitrogens with one attached hydrogen (secondary N) is 2. The summed E-state index contributed by atoms with van der Waals surface area (Å²) in [5.74, 6) is 0.876. The molecule has 1 aromatic heterocycles. The van der Waals surface area contributed by atoms with Crippen molar-refractivity contribution >= 4 is 0 Å². The molecule has 3 rings (SSSR count). The van der Waals surface area contributed by atoms with Crippen molar-refractivity contribution in [2.45, 2.75) is 32.4 Å². The number of H-pyrrole nitrogens is 1. The van der Waals surface area contributed by atoms with Crippen molar-refractivity contribution < 1.29 is 0 Å². The van der Waals surface area contributed by atoms with Crippen LogP contribution in [-0.2, 0) is 6.54 Å². The van der Waals surface area contributed by atoms with Gasteiger partial charge in [-0.3, -0.25) is 5.10 Å². The maximum Gasteiger partial charge on any atom is 0.0535 e. The van der Waals surface area contributed by atoms with Crippen LogP contribution in [0.3, 0.4) is 0 Å². The van der Waals surface area contributed by atoms with Crippen LogP contribution >= 0.6 is 0 Å². The normalized spacial score (nSPS) is 33.2. The van der Waals surface area contributed by atoms with E-state index >= 15 is 0 Å². The van der Waals surface area contributed by atoms with Crippen LogP contribution in [0, 0.1) is 12.8 Å². The van der Waals surface area contributed by atoms with E-state index in [1.54, 1.807) is 0 Å². The third-order valence-electron chi connectivity index (χ3n) is 4.12. The Bertz CT molecular complexity index is 360. The number of aromatic nitrogens is 2. The van der Waals surface area contributed by atoms with Crippen molar-refractivity contribution in [2.24, 2.45) is 5.92 Å². The second kappa shape index (κ2) is 4.18. The summed E-state index contributed by atoms with van der Waals surface area (Å²) in [4.78, 5) is 2.59. The van der Waals surface area contributed by atoms with Crippen molar-refractivity contribution in [1.82, 2.24) is 20.4 Å². The molecule has 0 aliphatic carbocycles. The number of piperidine rings is 1. The van der Waals surface area contributed by atoms with Gasteiger partial charge in [0, 0.05) is 30.4 Å². The molecule has 4 heteroatoms. The summed E-state index contributed by atoms with van der Waals surface area (Å²) < 4.78 is 0. The van der Waals surface area contributed by atoms with Gasteiger partial charge in [0.1, 0.15) is 0 Å². The molecule has 2 aliphatic rings. The molecule has 2 fully saturated rings. The SMILES string of the molecule is Cc1[nH]ncc1CNC1CCN2CCC1C2. The molecule has 16 heavy (non-hydrogen) atoms. The molecule has 2 saturated heterocycles. The molecule has 88 valence electrons. The summed E-state index contributed by atoms with van der Waals surface area (Å²) in [5.41, 5.74) is 2.50. The summed E-state index contributed by atoms with van der Waals surface area (Å²) in [7, 11) is 0. The van der Waals surface area contributed by atoms with Gasteiger partial charge in [-0.15, -0.1) is 0 Å². The fraction of sp³-hybridized carbons (Fsp3) is 0.750. The first-order valence-electron chi connectivity index (χ1n) is 6.27. The molecule has 3 unspecified atom stereocenters. The summed E-state index contributed by atoms with van der Waals surface area (Å²) in [6, 6.07) is 0.716. The monoisotopic (exact) mass is 220 g/mol. The summed E-state index contributed by atoms with van der Waals surface area (Å²) in [5, 5.41) is 10.8. The Kier molecular flexibility index (Phi) is 2.69. The molecular weight excluding hydrogens is 200 g/mol. The van der Waals surface area contributed by atoms with Crippen LogP contribution in [0.5, 0.6) is 0 Å². The first kappa shape index (κ1) is 10.3. The van der Waals surface area contributed by atoms with Crippen LogP contribution in [-0.4, -0.2) is 40.8 Å². The quantitative estimate of drug-likeness (QED) is 0.795. The maximum atomic E-state index is 4.06. The van der Waals surface area contributed by atoms with E-state index in [9.17, 15) is 0 Å². The van der Waals surface area contributed by atoms with Crippen LogP contribution in [0.15, 0.2) is 6.20 Å². The Hall–Kier alpha value is -0.870. The minimum atomic E-state index is 0.716. The highest BCUT2D eigenvalue weighted by molar-refractivity contribution is 5.14. The Labute approximate surface area is 96.4 Å². The van der Waals surface area contributed by atoms with E-state index < -0.39 is 0 Å². The number of aryl methyl sites for hydroxylation is 1. The minimum absolute atomic E-state index is 0.716. The number of rotatable bonds is 3. The molecule has 2 N–H and O–H groups in total. The lowest BCUT2D eigenvalue weighted by Gasteiger charge is -2.31. The van der Waals surface area contributed by atoms with E-state index in [0.29, 0.717) is 6.04 Å². The van der Waals surface area contributed by atoms with E-state index in [0.717, 1.165) is 12.5 Å². The van der Waals surface area contributed by atoms with Crippen molar-refractivity contribution in [2.75, 3.05) is 19.6 Å². The van der Waals surface area contributed by atoms with Crippen LogP contribution in [0.25, 0.3) is 0 Å². The van der Waals surface area contributed by atoms with Crippen LogP contribution in [0.1, 0.15) is 24.1 Å². The average Bonchev–Trinajstić information content (AvgIpc) is 2.86. The Balaban J connectivity index is 1.57. The van der Waals surface area contributed by atoms with E-state index in [-0.39, 0.29) is 0 Å². The lowest BCUT2D eigenvalue weighted by Crippen LogP contribution is -2.43. The number of fused-ring (bicyclic) bond motifs is 2. The smallest absolute Gasteiger partial charge is 0.0535 e. The number of aromatic amines is 1.